The van der Waals surface area contributed by atoms with Crippen LogP contribution in [-0.2, 0) is 9.53 Å². The molecular formula is C14H18F2O3. The number of rotatable bonds is 3. The van der Waals surface area contributed by atoms with Crippen LogP contribution in [0.15, 0.2) is 18.2 Å². The van der Waals surface area contributed by atoms with E-state index in [9.17, 15) is 18.7 Å². The summed E-state index contributed by atoms with van der Waals surface area (Å²) in [7, 11) is 0. The van der Waals surface area contributed by atoms with Gasteiger partial charge in [0.2, 0.25) is 0 Å². The molecule has 3 nitrogen and oxygen atoms in total. The maximum atomic E-state index is 13.1. The predicted molar refractivity (Wildman–Crippen MR) is 66.3 cm³/mol. The summed E-state index contributed by atoms with van der Waals surface area (Å²) in [6, 6.07) is 2.69. The van der Waals surface area contributed by atoms with Crippen LogP contribution < -0.4 is 0 Å². The van der Waals surface area contributed by atoms with E-state index < -0.39 is 35.2 Å². The number of halogens is 2. The van der Waals surface area contributed by atoms with Gasteiger partial charge in [0.05, 0.1) is 12.0 Å². The quantitative estimate of drug-likeness (QED) is 0.860. The zero-order chi connectivity index (χ0) is 14.8. The Morgan fingerprint density at radius 1 is 1.21 bits per heavy atom. The van der Waals surface area contributed by atoms with Crippen LogP contribution in [0.2, 0.25) is 0 Å². The number of benzene rings is 1. The largest absolute Gasteiger partial charge is 0.460 e. The van der Waals surface area contributed by atoms with Crippen molar-refractivity contribution in [3.05, 3.63) is 35.4 Å². The number of carbonyl (C=O) groups excluding carboxylic acids is 1. The minimum atomic E-state index is -1.32. The third-order valence-corrected chi connectivity index (χ3v) is 2.48. The molecule has 0 bridgehead atoms. The zero-order valence-electron chi connectivity index (χ0n) is 11.4. The molecule has 5 heteroatoms. The first-order valence-corrected chi connectivity index (χ1v) is 5.97. The Morgan fingerprint density at radius 3 is 2.11 bits per heavy atom. The van der Waals surface area contributed by atoms with Crippen LogP contribution in [0.25, 0.3) is 0 Å². The number of hydrogen-bond acceptors (Lipinski definition) is 3. The van der Waals surface area contributed by atoms with Crippen LogP contribution in [0.1, 0.15) is 39.4 Å². The molecule has 0 amide bonds. The Morgan fingerprint density at radius 2 is 1.68 bits per heavy atom. The maximum absolute atomic E-state index is 13.1. The summed E-state index contributed by atoms with van der Waals surface area (Å²) in [5.74, 6) is -3.14. The molecule has 1 aromatic carbocycles. The Balaban J connectivity index is 2.87. The molecule has 0 fully saturated rings. The smallest absolute Gasteiger partial charge is 0.312 e. The van der Waals surface area contributed by atoms with Gasteiger partial charge in [0, 0.05) is 6.07 Å². The van der Waals surface area contributed by atoms with E-state index in [4.69, 9.17) is 4.74 Å². The van der Waals surface area contributed by atoms with Gasteiger partial charge in [-0.05, 0) is 45.4 Å². The van der Waals surface area contributed by atoms with Crippen molar-refractivity contribution >= 4 is 5.97 Å². The fourth-order valence-corrected chi connectivity index (χ4v) is 1.56. The van der Waals surface area contributed by atoms with Gasteiger partial charge in [-0.25, -0.2) is 8.78 Å². The molecule has 1 aromatic rings. The topological polar surface area (TPSA) is 46.5 Å². The van der Waals surface area contributed by atoms with Crippen molar-refractivity contribution in [2.75, 3.05) is 0 Å². The van der Waals surface area contributed by atoms with Crippen molar-refractivity contribution in [2.24, 2.45) is 5.92 Å². The first kappa shape index (κ1) is 15.6. The van der Waals surface area contributed by atoms with Gasteiger partial charge >= 0.3 is 5.97 Å². The Labute approximate surface area is 111 Å². The minimum Gasteiger partial charge on any atom is -0.460 e. The second-order valence-corrected chi connectivity index (χ2v) is 5.47. The fourth-order valence-electron chi connectivity index (χ4n) is 1.56. The lowest BCUT2D eigenvalue weighted by molar-refractivity contribution is -0.163. The van der Waals surface area contributed by atoms with Crippen LogP contribution >= 0.6 is 0 Å². The van der Waals surface area contributed by atoms with E-state index in [0.29, 0.717) is 6.07 Å². The molecular weight excluding hydrogens is 254 g/mol. The van der Waals surface area contributed by atoms with Gasteiger partial charge in [0.1, 0.15) is 17.2 Å². The third-order valence-electron chi connectivity index (χ3n) is 2.48. The van der Waals surface area contributed by atoms with E-state index in [-0.39, 0.29) is 5.56 Å². The van der Waals surface area contributed by atoms with Crippen molar-refractivity contribution < 1.29 is 23.4 Å². The van der Waals surface area contributed by atoms with Crippen LogP contribution in [0.4, 0.5) is 8.78 Å². The number of aliphatic hydroxyl groups is 1. The monoisotopic (exact) mass is 272 g/mol. The van der Waals surface area contributed by atoms with Gasteiger partial charge in [-0.1, -0.05) is 0 Å². The summed E-state index contributed by atoms with van der Waals surface area (Å²) in [6.07, 6.45) is -1.32. The summed E-state index contributed by atoms with van der Waals surface area (Å²) in [5.41, 5.74) is -0.672. The minimum absolute atomic E-state index is 0.0101. The van der Waals surface area contributed by atoms with E-state index in [1.165, 1.54) is 6.92 Å². The fraction of sp³-hybridized carbons (Fsp3) is 0.500. The lowest BCUT2D eigenvalue weighted by Crippen LogP contribution is -2.30. The van der Waals surface area contributed by atoms with Gasteiger partial charge in [-0.15, -0.1) is 0 Å². The molecule has 0 radical (unpaired) electrons. The van der Waals surface area contributed by atoms with Gasteiger partial charge in [0.25, 0.3) is 0 Å². The number of hydrogen-bond donors (Lipinski definition) is 1. The molecule has 0 aliphatic carbocycles. The number of ether oxygens (including phenoxy) is 1. The van der Waals surface area contributed by atoms with Crippen LogP contribution in [0.3, 0.4) is 0 Å². The summed E-state index contributed by atoms with van der Waals surface area (Å²) >= 11 is 0. The lowest BCUT2D eigenvalue weighted by Gasteiger charge is -2.24. The highest BCUT2D eigenvalue weighted by Crippen LogP contribution is 2.25. The van der Waals surface area contributed by atoms with Crippen molar-refractivity contribution in [1.29, 1.82) is 0 Å². The lowest BCUT2D eigenvalue weighted by atomic mass is 9.97. The number of aliphatic hydroxyl groups excluding tert-OH is 1. The van der Waals surface area contributed by atoms with E-state index in [1.54, 1.807) is 20.8 Å². The number of esters is 1. The molecule has 106 valence electrons. The predicted octanol–water partition coefficient (Wildman–Crippen LogP) is 2.98. The van der Waals surface area contributed by atoms with Crippen molar-refractivity contribution in [2.45, 2.75) is 39.4 Å². The van der Waals surface area contributed by atoms with E-state index >= 15 is 0 Å². The van der Waals surface area contributed by atoms with Gasteiger partial charge in [0.15, 0.2) is 0 Å². The van der Waals surface area contributed by atoms with E-state index in [2.05, 4.69) is 0 Å². The summed E-state index contributed by atoms with van der Waals surface area (Å²) < 4.78 is 31.2. The summed E-state index contributed by atoms with van der Waals surface area (Å²) in [5, 5.41) is 9.97. The second kappa shape index (κ2) is 5.65. The zero-order valence-corrected chi connectivity index (χ0v) is 11.4. The molecule has 0 saturated heterocycles. The normalized spacial score (nSPS) is 14.9. The average molecular weight is 272 g/mol. The summed E-state index contributed by atoms with van der Waals surface area (Å²) in [4.78, 5) is 11.8. The molecule has 0 aromatic heterocycles. The highest BCUT2D eigenvalue weighted by Gasteiger charge is 2.28. The molecule has 0 aliphatic heterocycles. The standard InChI is InChI=1S/C14H18F2O3/c1-8(13(18)19-14(2,3)4)12(17)9-5-10(15)7-11(16)6-9/h5-8,12,17H,1-4H3. The first-order chi connectivity index (χ1) is 8.60. The van der Waals surface area contributed by atoms with Gasteiger partial charge in [-0.2, -0.15) is 0 Å². The SMILES string of the molecule is CC(C(=O)OC(C)(C)C)C(O)c1cc(F)cc(F)c1. The Hall–Kier alpha value is -1.49. The molecule has 1 N–H and O–H groups in total. The van der Waals surface area contributed by atoms with Crippen LogP contribution in [0, 0.1) is 17.6 Å². The van der Waals surface area contributed by atoms with Crippen molar-refractivity contribution in [1.82, 2.24) is 0 Å². The molecule has 0 aliphatic rings. The van der Waals surface area contributed by atoms with Crippen LogP contribution in [-0.4, -0.2) is 16.7 Å². The second-order valence-electron chi connectivity index (χ2n) is 5.47. The van der Waals surface area contributed by atoms with Gasteiger partial charge < -0.3 is 9.84 Å². The van der Waals surface area contributed by atoms with Crippen molar-refractivity contribution in [3.8, 4) is 0 Å². The molecule has 2 atom stereocenters. The maximum Gasteiger partial charge on any atom is 0.312 e. The first-order valence-electron chi connectivity index (χ1n) is 5.97. The summed E-state index contributed by atoms with van der Waals surface area (Å²) in [6.45, 7) is 6.55. The van der Waals surface area contributed by atoms with Crippen LogP contribution in [0.5, 0.6) is 0 Å². The molecule has 0 saturated carbocycles. The highest BCUT2D eigenvalue weighted by molar-refractivity contribution is 5.73. The molecule has 19 heavy (non-hydrogen) atoms. The highest BCUT2D eigenvalue weighted by atomic mass is 19.1. The average Bonchev–Trinajstić information content (AvgIpc) is 2.23. The molecule has 1 rings (SSSR count). The van der Waals surface area contributed by atoms with Crippen molar-refractivity contribution in [3.63, 3.8) is 0 Å². The van der Waals surface area contributed by atoms with E-state index in [0.717, 1.165) is 12.1 Å². The van der Waals surface area contributed by atoms with Gasteiger partial charge in [-0.3, -0.25) is 4.79 Å². The van der Waals surface area contributed by atoms with E-state index in [1.807, 2.05) is 0 Å². The molecule has 0 spiro atoms. The molecule has 2 unspecified atom stereocenters. The number of carbonyl (C=O) groups is 1. The molecule has 0 heterocycles. The Bertz CT molecular complexity index is 446. The third kappa shape index (κ3) is 4.59. The Kier molecular flexibility index (Phi) is 4.63.